The van der Waals surface area contributed by atoms with Gasteiger partial charge in [0.15, 0.2) is 6.29 Å². The topological polar surface area (TPSA) is 100 Å². The van der Waals surface area contributed by atoms with Crippen molar-refractivity contribution in [3.05, 3.63) is 125 Å². The Morgan fingerprint density at radius 2 is 1.55 bits per heavy atom. The van der Waals surface area contributed by atoms with Crippen LogP contribution < -0.4 is 16.0 Å². The van der Waals surface area contributed by atoms with E-state index >= 15 is 0 Å². The Balaban J connectivity index is 1.11. The number of nitrogens with zero attached hydrogens (tertiary/aromatic N) is 2. The van der Waals surface area contributed by atoms with Crippen LogP contribution in [0, 0.1) is 5.92 Å². The van der Waals surface area contributed by atoms with E-state index in [0.717, 1.165) is 71.5 Å². The molecule has 3 saturated heterocycles. The lowest BCUT2D eigenvalue weighted by atomic mass is 9.84. The summed E-state index contributed by atoms with van der Waals surface area (Å²) < 4.78 is 13.5. The van der Waals surface area contributed by atoms with E-state index in [1.165, 1.54) is 0 Å². The molecule has 47 heavy (non-hydrogen) atoms. The number of aliphatic hydroxyl groups excluding tert-OH is 1. The lowest BCUT2D eigenvalue weighted by Crippen LogP contribution is -2.57. The highest BCUT2D eigenvalue weighted by molar-refractivity contribution is 5.93. The van der Waals surface area contributed by atoms with Crippen LogP contribution in [0.3, 0.4) is 0 Å². The summed E-state index contributed by atoms with van der Waals surface area (Å²) in [6, 6.07) is 34.9. The summed E-state index contributed by atoms with van der Waals surface area (Å²) in [7, 11) is 0. The molecule has 4 N–H and O–H groups in total. The molecular formula is C39H44N4O4. The van der Waals surface area contributed by atoms with E-state index in [2.05, 4.69) is 82.7 Å². The van der Waals surface area contributed by atoms with Gasteiger partial charge in [-0.1, -0.05) is 97.9 Å². The molecule has 8 nitrogen and oxygen atoms in total. The van der Waals surface area contributed by atoms with Crippen LogP contribution in [0.4, 0.5) is 5.69 Å². The Bertz CT molecular complexity index is 1650. The maximum absolute atomic E-state index is 13.2. The fourth-order valence-corrected chi connectivity index (χ4v) is 7.52. The standard InChI is InChI=1S/C39H44N4O4/c1-27-35(24-42-21-19-39(20-22-42)38(45)41-26-43(39)33-8-3-2-4-9-33)46-37(47-36(27)30-13-11-28(25-44)12-14-30)31-17-15-29(16-18-31)34-10-6-5-7-32(34)23-40/h2-18,27,35-37,44H,19-26,40H2,1H3,(H,41,45). The van der Waals surface area contributed by atoms with Crippen molar-refractivity contribution in [3.63, 3.8) is 0 Å². The first-order chi connectivity index (χ1) is 23.0. The van der Waals surface area contributed by atoms with Gasteiger partial charge in [-0.25, -0.2) is 0 Å². The Morgan fingerprint density at radius 3 is 2.26 bits per heavy atom. The van der Waals surface area contributed by atoms with Crippen LogP contribution in [-0.2, 0) is 27.4 Å². The lowest BCUT2D eigenvalue weighted by Gasteiger charge is -2.46. The molecule has 3 aliphatic rings. The highest BCUT2D eigenvalue weighted by Crippen LogP contribution is 2.43. The molecule has 7 rings (SSSR count). The SMILES string of the molecule is CC1C(CN2CCC3(CC2)C(=O)NCN3c2ccccc2)OC(c2ccc(-c3ccccc3CN)cc2)OC1c1ccc(CO)cc1. The van der Waals surface area contributed by atoms with Gasteiger partial charge in [0.2, 0.25) is 5.91 Å². The van der Waals surface area contributed by atoms with E-state index in [4.69, 9.17) is 15.2 Å². The third kappa shape index (κ3) is 6.20. The minimum Gasteiger partial charge on any atom is -0.392 e. The number of benzene rings is 4. The highest BCUT2D eigenvalue weighted by atomic mass is 16.7. The molecule has 4 aromatic carbocycles. The van der Waals surface area contributed by atoms with Crippen LogP contribution in [0.15, 0.2) is 103 Å². The van der Waals surface area contributed by atoms with Crippen molar-refractivity contribution in [1.82, 2.24) is 10.2 Å². The minimum absolute atomic E-state index is 0.00548. The molecule has 0 saturated carbocycles. The number of rotatable bonds is 8. The molecule has 1 spiro atoms. The zero-order chi connectivity index (χ0) is 32.4. The predicted octanol–water partition coefficient (Wildman–Crippen LogP) is 5.52. The average molecular weight is 633 g/mol. The molecule has 0 bridgehead atoms. The molecule has 244 valence electrons. The number of aliphatic hydroxyl groups is 1. The summed E-state index contributed by atoms with van der Waals surface area (Å²) in [5.74, 6) is 0.203. The van der Waals surface area contributed by atoms with Crippen molar-refractivity contribution >= 4 is 11.6 Å². The minimum atomic E-state index is -0.539. The third-order valence-electron chi connectivity index (χ3n) is 10.4. The zero-order valence-corrected chi connectivity index (χ0v) is 26.9. The van der Waals surface area contributed by atoms with Gasteiger partial charge >= 0.3 is 0 Å². The number of para-hydroxylation sites is 1. The summed E-state index contributed by atoms with van der Waals surface area (Å²) in [6.45, 7) is 5.59. The van der Waals surface area contributed by atoms with Crippen LogP contribution >= 0.6 is 0 Å². The molecule has 3 aliphatic heterocycles. The van der Waals surface area contributed by atoms with Gasteiger partial charge in [-0.2, -0.15) is 0 Å². The second-order valence-corrected chi connectivity index (χ2v) is 13.1. The number of amides is 1. The molecule has 4 unspecified atom stereocenters. The first-order valence-electron chi connectivity index (χ1n) is 16.7. The van der Waals surface area contributed by atoms with Gasteiger partial charge in [0.1, 0.15) is 5.54 Å². The molecule has 4 atom stereocenters. The lowest BCUT2D eigenvalue weighted by molar-refractivity contribution is -0.276. The Labute approximate surface area is 277 Å². The summed E-state index contributed by atoms with van der Waals surface area (Å²) in [5, 5.41) is 12.7. The summed E-state index contributed by atoms with van der Waals surface area (Å²) >= 11 is 0. The van der Waals surface area contributed by atoms with Crippen LogP contribution in [-0.4, -0.2) is 53.9 Å². The number of hydrogen-bond acceptors (Lipinski definition) is 7. The number of piperidine rings is 1. The maximum atomic E-state index is 13.2. The largest absolute Gasteiger partial charge is 0.392 e. The number of hydrogen-bond donors (Lipinski definition) is 3. The normalized spacial score (nSPS) is 24.4. The number of nitrogens with one attached hydrogen (secondary N) is 1. The van der Waals surface area contributed by atoms with E-state index < -0.39 is 11.8 Å². The number of likely N-dealkylation sites (tertiary alicyclic amines) is 1. The third-order valence-corrected chi connectivity index (χ3v) is 10.4. The Morgan fingerprint density at radius 1 is 0.872 bits per heavy atom. The first-order valence-corrected chi connectivity index (χ1v) is 16.7. The first kappa shape index (κ1) is 31.5. The fraction of sp³-hybridized carbons (Fsp3) is 0.359. The van der Waals surface area contributed by atoms with E-state index in [9.17, 15) is 9.90 Å². The molecule has 8 heteroatoms. The number of carbonyl (C=O) groups is 1. The van der Waals surface area contributed by atoms with Crippen LogP contribution in [0.1, 0.15) is 54.4 Å². The maximum Gasteiger partial charge on any atom is 0.247 e. The quantitative estimate of drug-likeness (QED) is 0.235. The number of ether oxygens (including phenoxy) is 2. The molecule has 0 aliphatic carbocycles. The van der Waals surface area contributed by atoms with Gasteiger partial charge < -0.3 is 35.4 Å². The summed E-state index contributed by atoms with van der Waals surface area (Å²) in [5.41, 5.74) is 12.8. The second-order valence-electron chi connectivity index (χ2n) is 13.1. The number of nitrogens with two attached hydrogens (primary N) is 1. The highest BCUT2D eigenvalue weighted by Gasteiger charge is 2.51. The molecule has 1 amide bonds. The van der Waals surface area contributed by atoms with E-state index in [-0.39, 0.29) is 30.6 Å². The molecular weight excluding hydrogens is 588 g/mol. The van der Waals surface area contributed by atoms with Gasteiger partial charge in [0.25, 0.3) is 0 Å². The van der Waals surface area contributed by atoms with Crippen LogP contribution in [0.5, 0.6) is 0 Å². The molecule has 0 radical (unpaired) electrons. The van der Waals surface area contributed by atoms with Crippen LogP contribution in [0.2, 0.25) is 0 Å². The Hall–Kier alpha value is -4.05. The van der Waals surface area contributed by atoms with Gasteiger partial charge in [0, 0.05) is 43.3 Å². The number of carbonyl (C=O) groups excluding carboxylic acids is 1. The average Bonchev–Trinajstić information content (AvgIpc) is 3.44. The molecule has 3 fully saturated rings. The van der Waals surface area contributed by atoms with Crippen molar-refractivity contribution < 1.29 is 19.4 Å². The van der Waals surface area contributed by atoms with Crippen LogP contribution in [0.25, 0.3) is 11.1 Å². The Kier molecular flexibility index (Phi) is 9.12. The molecule has 4 aromatic rings. The van der Waals surface area contributed by atoms with Gasteiger partial charge in [-0.15, -0.1) is 0 Å². The van der Waals surface area contributed by atoms with Gasteiger partial charge in [0.05, 0.1) is 25.5 Å². The van der Waals surface area contributed by atoms with Gasteiger partial charge in [-0.05, 0) is 52.8 Å². The second kappa shape index (κ2) is 13.6. The van der Waals surface area contributed by atoms with E-state index in [1.54, 1.807) is 0 Å². The molecule has 3 heterocycles. The van der Waals surface area contributed by atoms with Crippen molar-refractivity contribution in [2.45, 2.75) is 57.0 Å². The van der Waals surface area contributed by atoms with Gasteiger partial charge in [-0.3, -0.25) is 4.79 Å². The van der Waals surface area contributed by atoms with Crippen molar-refractivity contribution in [1.29, 1.82) is 0 Å². The van der Waals surface area contributed by atoms with Crippen molar-refractivity contribution in [2.75, 3.05) is 31.2 Å². The van der Waals surface area contributed by atoms with Crippen molar-refractivity contribution in [3.8, 4) is 11.1 Å². The van der Waals surface area contributed by atoms with E-state index in [1.807, 2.05) is 42.5 Å². The number of anilines is 1. The smallest absolute Gasteiger partial charge is 0.247 e. The summed E-state index contributed by atoms with van der Waals surface area (Å²) in [6.07, 6.45) is 0.696. The fourth-order valence-electron chi connectivity index (χ4n) is 7.52. The van der Waals surface area contributed by atoms with E-state index in [0.29, 0.717) is 13.2 Å². The predicted molar refractivity (Wildman–Crippen MR) is 183 cm³/mol. The zero-order valence-electron chi connectivity index (χ0n) is 26.9. The summed E-state index contributed by atoms with van der Waals surface area (Å²) in [4.78, 5) is 17.9. The molecule has 0 aromatic heterocycles. The monoisotopic (exact) mass is 632 g/mol. The van der Waals surface area contributed by atoms with Crippen molar-refractivity contribution in [2.24, 2.45) is 11.7 Å².